The maximum absolute atomic E-state index is 6.32. The Morgan fingerprint density at radius 3 is 1.89 bits per heavy atom. The Bertz CT molecular complexity index is 3440. The molecule has 6 heteroatoms. The van der Waals surface area contributed by atoms with E-state index in [0.29, 0.717) is 11.5 Å². The van der Waals surface area contributed by atoms with Gasteiger partial charge in [-0.1, -0.05) is 78.9 Å². The smallest absolute Gasteiger partial charge is 0.227 e. The van der Waals surface area contributed by atoms with Crippen molar-refractivity contribution in [1.82, 2.24) is 4.98 Å². The minimum Gasteiger partial charge on any atom is -0.456 e. The van der Waals surface area contributed by atoms with E-state index in [1.54, 1.807) is 0 Å². The third-order valence-corrected chi connectivity index (χ3v) is 11.8. The average Bonchev–Trinajstić information content (AvgIpc) is 4.01. The second kappa shape index (κ2) is 11.7. The lowest BCUT2D eigenvalue weighted by atomic mass is 10.0. The van der Waals surface area contributed by atoms with E-state index >= 15 is 0 Å². The van der Waals surface area contributed by atoms with Gasteiger partial charge in [0, 0.05) is 70.4 Å². The molecule has 8 aromatic carbocycles. The molecule has 12 rings (SSSR count). The molecule has 0 atom stereocenters. The van der Waals surface area contributed by atoms with Gasteiger partial charge >= 0.3 is 0 Å². The zero-order valence-corrected chi connectivity index (χ0v) is 30.0. The van der Waals surface area contributed by atoms with Crippen LogP contribution in [0.25, 0.3) is 97.7 Å². The summed E-state index contributed by atoms with van der Waals surface area (Å²) in [5.41, 5.74) is 11.3. The van der Waals surface area contributed by atoms with Gasteiger partial charge in [0.05, 0.1) is 0 Å². The fourth-order valence-electron chi connectivity index (χ4n) is 8.04. The third-order valence-electron chi connectivity index (χ3n) is 10.7. The number of fused-ring (bicyclic) bond motifs is 10. The van der Waals surface area contributed by atoms with E-state index in [-0.39, 0.29) is 0 Å². The summed E-state index contributed by atoms with van der Waals surface area (Å²) >= 11 is 1.83. The van der Waals surface area contributed by atoms with E-state index in [9.17, 15) is 0 Å². The fourth-order valence-corrected chi connectivity index (χ4v) is 9.18. The molecule has 0 aliphatic carbocycles. The van der Waals surface area contributed by atoms with Gasteiger partial charge in [0.1, 0.15) is 27.8 Å². The van der Waals surface area contributed by atoms with E-state index in [4.69, 9.17) is 18.2 Å². The number of rotatable bonds is 5. The van der Waals surface area contributed by atoms with Crippen LogP contribution in [0.1, 0.15) is 0 Å². The number of thiophene rings is 1. The number of oxazole rings is 1. The number of hydrogen-bond acceptors (Lipinski definition) is 6. The highest BCUT2D eigenvalue weighted by Gasteiger charge is 2.19. The molecule has 0 fully saturated rings. The van der Waals surface area contributed by atoms with Crippen LogP contribution in [0.5, 0.6) is 0 Å². The Morgan fingerprint density at radius 1 is 0.364 bits per heavy atom. The van der Waals surface area contributed by atoms with Gasteiger partial charge in [-0.05, 0) is 96.1 Å². The lowest BCUT2D eigenvalue weighted by molar-refractivity contribution is 0.617. The Morgan fingerprint density at radius 2 is 1.00 bits per heavy atom. The molecule has 5 nitrogen and oxygen atoms in total. The normalized spacial score (nSPS) is 12.0. The Labute approximate surface area is 317 Å². The number of para-hydroxylation sites is 1. The van der Waals surface area contributed by atoms with Gasteiger partial charge < -0.3 is 18.2 Å². The number of furan rings is 2. The maximum Gasteiger partial charge on any atom is 0.227 e. The van der Waals surface area contributed by atoms with E-state index in [1.165, 1.54) is 20.2 Å². The molecule has 12 aromatic rings. The second-order valence-electron chi connectivity index (χ2n) is 14.0. The molecule has 4 heterocycles. The van der Waals surface area contributed by atoms with Crippen molar-refractivity contribution in [3.8, 4) is 22.6 Å². The maximum atomic E-state index is 6.32. The van der Waals surface area contributed by atoms with Crippen molar-refractivity contribution in [2.75, 3.05) is 4.90 Å². The molecule has 258 valence electrons. The predicted octanol–water partition coefficient (Wildman–Crippen LogP) is 14.8. The highest BCUT2D eigenvalue weighted by Crippen LogP contribution is 2.43. The molecule has 0 saturated carbocycles. The zero-order valence-electron chi connectivity index (χ0n) is 29.2. The molecule has 0 bridgehead atoms. The summed E-state index contributed by atoms with van der Waals surface area (Å²) in [6.45, 7) is 0. The minimum absolute atomic E-state index is 0.601. The third kappa shape index (κ3) is 4.82. The minimum atomic E-state index is 0.601. The number of hydrogen-bond donors (Lipinski definition) is 0. The van der Waals surface area contributed by atoms with Gasteiger partial charge in [0.25, 0.3) is 0 Å². The van der Waals surface area contributed by atoms with Crippen molar-refractivity contribution in [3.63, 3.8) is 0 Å². The van der Waals surface area contributed by atoms with Crippen LogP contribution in [0.15, 0.2) is 183 Å². The first-order valence-corrected chi connectivity index (χ1v) is 19.1. The summed E-state index contributed by atoms with van der Waals surface area (Å²) < 4.78 is 21.2. The Balaban J connectivity index is 0.962. The summed E-state index contributed by atoms with van der Waals surface area (Å²) in [4.78, 5) is 7.16. The molecule has 0 unspecified atom stereocenters. The number of benzene rings is 8. The Hall–Kier alpha value is -7.15. The van der Waals surface area contributed by atoms with Gasteiger partial charge in [-0.3, -0.25) is 0 Å². The van der Waals surface area contributed by atoms with Gasteiger partial charge in [-0.15, -0.1) is 11.3 Å². The van der Waals surface area contributed by atoms with Crippen LogP contribution < -0.4 is 4.90 Å². The number of nitrogens with zero attached hydrogens (tertiary/aromatic N) is 2. The van der Waals surface area contributed by atoms with Crippen molar-refractivity contribution in [1.29, 1.82) is 0 Å². The van der Waals surface area contributed by atoms with Crippen LogP contribution >= 0.6 is 11.3 Å². The topological polar surface area (TPSA) is 55.6 Å². The van der Waals surface area contributed by atoms with E-state index < -0.39 is 0 Å². The molecule has 0 amide bonds. The van der Waals surface area contributed by atoms with Gasteiger partial charge in [-0.25, -0.2) is 4.98 Å². The molecule has 55 heavy (non-hydrogen) atoms. The predicted molar refractivity (Wildman–Crippen MR) is 227 cm³/mol. The Kier molecular flexibility index (Phi) is 6.44. The van der Waals surface area contributed by atoms with Crippen molar-refractivity contribution in [3.05, 3.63) is 170 Å². The highest BCUT2D eigenvalue weighted by atomic mass is 32.1. The van der Waals surface area contributed by atoms with Crippen LogP contribution in [0.4, 0.5) is 17.1 Å². The summed E-state index contributed by atoms with van der Waals surface area (Å²) in [7, 11) is 0. The van der Waals surface area contributed by atoms with Crippen LogP contribution in [0, 0.1) is 0 Å². The lowest BCUT2D eigenvalue weighted by Crippen LogP contribution is -2.09. The molecule has 0 radical (unpaired) electrons. The molecule has 0 saturated heterocycles. The van der Waals surface area contributed by atoms with Gasteiger partial charge in [0.2, 0.25) is 5.89 Å². The number of anilines is 3. The summed E-state index contributed by atoms with van der Waals surface area (Å²) in [6.07, 6.45) is 0. The summed E-state index contributed by atoms with van der Waals surface area (Å²) in [5.74, 6) is 0.601. The molecule has 0 spiro atoms. The molecule has 4 aromatic heterocycles. The monoisotopic (exact) mass is 724 g/mol. The van der Waals surface area contributed by atoms with Crippen molar-refractivity contribution >= 4 is 104 Å². The van der Waals surface area contributed by atoms with Gasteiger partial charge in [-0.2, -0.15) is 0 Å². The lowest BCUT2D eigenvalue weighted by Gasteiger charge is -2.26. The van der Waals surface area contributed by atoms with Crippen LogP contribution in [-0.2, 0) is 0 Å². The molecular formula is C49H28N2O3S. The quantitative estimate of drug-likeness (QED) is 0.177. The number of aromatic nitrogens is 1. The summed E-state index contributed by atoms with van der Waals surface area (Å²) in [5, 5.41) is 6.83. The first kappa shape index (κ1) is 30.3. The summed E-state index contributed by atoms with van der Waals surface area (Å²) in [6, 6.07) is 59.4. The molecule has 0 aliphatic rings. The first-order chi connectivity index (χ1) is 27.2. The van der Waals surface area contributed by atoms with Crippen LogP contribution in [0.3, 0.4) is 0 Å². The molecular weight excluding hydrogens is 697 g/mol. The standard InChI is InChI=1S/C49H28N2O3S/c1-2-8-30(9-3-1)49-50-41-27-40-38-24-31(16-22-43(38)53-45(40)28-46(41)54-49)29-14-17-32(18-15-29)51(33-20-23-44-39(25-33)35-10-4-6-12-42(35)52-44)34-19-21-37-36-11-5-7-13-47(36)55-48(37)26-34/h1-28H. The molecule has 0 N–H and O–H groups in total. The second-order valence-corrected chi connectivity index (χ2v) is 15.0. The van der Waals surface area contributed by atoms with Crippen molar-refractivity contribution in [2.45, 2.75) is 0 Å². The van der Waals surface area contributed by atoms with Crippen molar-refractivity contribution < 1.29 is 13.3 Å². The SMILES string of the molecule is c1ccc(-c2nc3cc4c(cc3o2)oc2ccc(-c3ccc(N(c5ccc6c(c5)sc5ccccc56)c5ccc6oc7ccccc7c6c5)cc3)cc24)cc1. The fraction of sp³-hybridized carbons (Fsp3) is 0. The van der Waals surface area contributed by atoms with E-state index in [2.05, 4.69) is 126 Å². The van der Waals surface area contributed by atoms with Gasteiger partial charge in [0.15, 0.2) is 5.58 Å². The highest BCUT2D eigenvalue weighted by molar-refractivity contribution is 7.25. The van der Waals surface area contributed by atoms with Crippen molar-refractivity contribution in [2.24, 2.45) is 0 Å². The average molecular weight is 725 g/mol. The van der Waals surface area contributed by atoms with Crippen LogP contribution in [-0.4, -0.2) is 4.98 Å². The first-order valence-electron chi connectivity index (χ1n) is 18.3. The van der Waals surface area contributed by atoms with E-state index in [1.807, 2.05) is 59.9 Å². The zero-order chi connectivity index (χ0) is 36.0. The van der Waals surface area contributed by atoms with E-state index in [0.717, 1.165) is 83.1 Å². The molecule has 0 aliphatic heterocycles. The largest absolute Gasteiger partial charge is 0.456 e. The van der Waals surface area contributed by atoms with Crippen LogP contribution in [0.2, 0.25) is 0 Å².